The minimum atomic E-state index is 0.0441. The van der Waals surface area contributed by atoms with E-state index in [9.17, 15) is 4.79 Å². The molecule has 1 fully saturated rings. The lowest BCUT2D eigenvalue weighted by Gasteiger charge is -2.11. The zero-order chi connectivity index (χ0) is 13.7. The molecule has 1 aromatic rings. The highest BCUT2D eigenvalue weighted by Crippen LogP contribution is 2.27. The third-order valence-corrected chi connectivity index (χ3v) is 4.02. The topological polar surface area (TPSA) is 50.4 Å². The molecule has 1 atom stereocenters. The van der Waals surface area contributed by atoms with Crippen LogP contribution in [0.3, 0.4) is 0 Å². The van der Waals surface area contributed by atoms with Crippen LogP contribution in [0.4, 0.5) is 5.69 Å². The second-order valence-corrected chi connectivity index (χ2v) is 5.58. The molecule has 1 aliphatic rings. The summed E-state index contributed by atoms with van der Waals surface area (Å²) < 4.78 is 6.01. The number of hydrogen-bond acceptors (Lipinski definition) is 3. The zero-order valence-electron chi connectivity index (χ0n) is 11.0. The van der Waals surface area contributed by atoms with Crippen molar-refractivity contribution in [2.75, 3.05) is 19.0 Å². The van der Waals surface area contributed by atoms with Crippen molar-refractivity contribution in [2.24, 2.45) is 0 Å². The minimum absolute atomic E-state index is 0.0441. The number of benzene rings is 1. The molecule has 2 rings (SSSR count). The van der Waals surface area contributed by atoms with Crippen LogP contribution in [0.2, 0.25) is 0 Å². The minimum Gasteiger partial charge on any atom is -0.497 e. The number of nitrogens with one attached hydrogen (secondary N) is 2. The molecule has 1 saturated heterocycles. The summed E-state index contributed by atoms with van der Waals surface area (Å²) in [4.78, 5) is 11.9. The number of rotatable bonds is 5. The van der Waals surface area contributed by atoms with Gasteiger partial charge in [0.05, 0.1) is 12.8 Å². The fourth-order valence-corrected chi connectivity index (χ4v) is 2.59. The molecule has 1 aliphatic heterocycles. The first-order chi connectivity index (χ1) is 9.19. The number of hydrogen-bond donors (Lipinski definition) is 2. The summed E-state index contributed by atoms with van der Waals surface area (Å²) in [5, 5.41) is 6.31. The van der Waals surface area contributed by atoms with Crippen molar-refractivity contribution < 1.29 is 9.53 Å². The molecular formula is C14H19BrN2O2. The van der Waals surface area contributed by atoms with E-state index in [4.69, 9.17) is 4.74 Å². The van der Waals surface area contributed by atoms with Crippen LogP contribution in [0.5, 0.6) is 5.75 Å². The molecule has 0 bridgehead atoms. The van der Waals surface area contributed by atoms with Gasteiger partial charge in [0.2, 0.25) is 5.91 Å². The summed E-state index contributed by atoms with van der Waals surface area (Å²) in [6, 6.07) is 6.03. The fourth-order valence-electron chi connectivity index (χ4n) is 2.25. The lowest BCUT2D eigenvalue weighted by atomic mass is 10.1. The van der Waals surface area contributed by atoms with E-state index < -0.39 is 0 Å². The maximum Gasteiger partial charge on any atom is 0.224 e. The van der Waals surface area contributed by atoms with Gasteiger partial charge in [-0.05, 0) is 53.9 Å². The maximum absolute atomic E-state index is 11.9. The van der Waals surface area contributed by atoms with Gasteiger partial charge in [-0.1, -0.05) is 0 Å². The number of ether oxygens (including phenoxy) is 1. The first kappa shape index (κ1) is 14.3. The largest absolute Gasteiger partial charge is 0.497 e. The van der Waals surface area contributed by atoms with Crippen LogP contribution in [-0.4, -0.2) is 25.6 Å². The number of carbonyl (C=O) groups is 1. The van der Waals surface area contributed by atoms with Gasteiger partial charge in [-0.15, -0.1) is 0 Å². The van der Waals surface area contributed by atoms with Crippen LogP contribution in [0.25, 0.3) is 0 Å². The first-order valence-electron chi connectivity index (χ1n) is 6.56. The Morgan fingerprint density at radius 1 is 1.58 bits per heavy atom. The molecule has 104 valence electrons. The third-order valence-electron chi connectivity index (χ3n) is 3.33. The van der Waals surface area contributed by atoms with Gasteiger partial charge in [0, 0.05) is 23.0 Å². The van der Waals surface area contributed by atoms with Gasteiger partial charge in [-0.3, -0.25) is 4.79 Å². The van der Waals surface area contributed by atoms with Crippen molar-refractivity contribution in [3.63, 3.8) is 0 Å². The van der Waals surface area contributed by atoms with Crippen LogP contribution in [0.15, 0.2) is 22.7 Å². The summed E-state index contributed by atoms with van der Waals surface area (Å²) in [5.41, 5.74) is 0.753. The molecule has 19 heavy (non-hydrogen) atoms. The molecule has 0 spiro atoms. The number of amides is 1. The molecule has 2 N–H and O–H groups in total. The van der Waals surface area contributed by atoms with Crippen LogP contribution in [0, 0.1) is 0 Å². The van der Waals surface area contributed by atoms with E-state index in [2.05, 4.69) is 26.6 Å². The predicted molar refractivity (Wildman–Crippen MR) is 79.6 cm³/mol. The van der Waals surface area contributed by atoms with Gasteiger partial charge in [0.15, 0.2) is 0 Å². The molecule has 4 nitrogen and oxygen atoms in total. The van der Waals surface area contributed by atoms with Gasteiger partial charge >= 0.3 is 0 Å². The highest BCUT2D eigenvalue weighted by Gasteiger charge is 2.15. The number of carbonyl (C=O) groups excluding carboxylic acids is 1. The molecule has 0 saturated carbocycles. The molecule has 5 heteroatoms. The lowest BCUT2D eigenvalue weighted by molar-refractivity contribution is -0.116. The Balaban J connectivity index is 1.87. The molecular weight excluding hydrogens is 308 g/mol. The van der Waals surface area contributed by atoms with Gasteiger partial charge in [0.1, 0.15) is 5.75 Å². The average Bonchev–Trinajstić information content (AvgIpc) is 2.92. The molecule has 0 radical (unpaired) electrons. The third kappa shape index (κ3) is 4.21. The summed E-state index contributed by atoms with van der Waals surface area (Å²) in [7, 11) is 1.61. The Bertz CT molecular complexity index is 445. The Hall–Kier alpha value is -1.07. The second kappa shape index (κ2) is 6.91. The molecule has 1 unspecified atom stereocenters. The number of anilines is 1. The van der Waals surface area contributed by atoms with Crippen molar-refractivity contribution in [1.29, 1.82) is 0 Å². The smallest absolute Gasteiger partial charge is 0.224 e. The average molecular weight is 327 g/mol. The predicted octanol–water partition coefficient (Wildman–Crippen LogP) is 2.93. The van der Waals surface area contributed by atoms with E-state index >= 15 is 0 Å². The Kier molecular flexibility index (Phi) is 5.22. The van der Waals surface area contributed by atoms with Crippen molar-refractivity contribution in [2.45, 2.75) is 31.7 Å². The Morgan fingerprint density at radius 2 is 2.42 bits per heavy atom. The van der Waals surface area contributed by atoms with E-state index in [0.717, 1.165) is 28.9 Å². The summed E-state index contributed by atoms with van der Waals surface area (Å²) >= 11 is 3.42. The first-order valence-corrected chi connectivity index (χ1v) is 7.35. The molecule has 0 aliphatic carbocycles. The molecule has 1 amide bonds. The zero-order valence-corrected chi connectivity index (χ0v) is 12.6. The van der Waals surface area contributed by atoms with Crippen molar-refractivity contribution in [1.82, 2.24) is 5.32 Å². The van der Waals surface area contributed by atoms with Gasteiger partial charge < -0.3 is 15.4 Å². The van der Waals surface area contributed by atoms with Crippen molar-refractivity contribution >= 4 is 27.5 Å². The van der Waals surface area contributed by atoms with E-state index in [1.54, 1.807) is 7.11 Å². The highest BCUT2D eigenvalue weighted by atomic mass is 79.9. The maximum atomic E-state index is 11.9. The number of methoxy groups -OCH3 is 1. The van der Waals surface area contributed by atoms with E-state index in [1.165, 1.54) is 12.8 Å². The van der Waals surface area contributed by atoms with Gasteiger partial charge in [0.25, 0.3) is 0 Å². The Labute approximate surface area is 122 Å². The van der Waals surface area contributed by atoms with Gasteiger partial charge in [-0.25, -0.2) is 0 Å². The lowest BCUT2D eigenvalue weighted by Crippen LogP contribution is -2.23. The van der Waals surface area contributed by atoms with Gasteiger partial charge in [-0.2, -0.15) is 0 Å². The summed E-state index contributed by atoms with van der Waals surface area (Å²) in [5.74, 6) is 0.776. The monoisotopic (exact) mass is 326 g/mol. The quantitative estimate of drug-likeness (QED) is 0.874. The van der Waals surface area contributed by atoms with E-state index in [1.807, 2.05) is 18.2 Å². The SMILES string of the molecule is COc1ccc(Br)c(NC(=O)CCC2CCCN2)c1. The fraction of sp³-hybridized carbons (Fsp3) is 0.500. The van der Waals surface area contributed by atoms with E-state index in [-0.39, 0.29) is 5.91 Å². The molecule has 0 aromatic heterocycles. The summed E-state index contributed by atoms with van der Waals surface area (Å²) in [6.45, 7) is 1.08. The van der Waals surface area contributed by atoms with Crippen LogP contribution in [-0.2, 0) is 4.79 Å². The molecule has 1 aromatic carbocycles. The van der Waals surface area contributed by atoms with E-state index in [0.29, 0.717) is 12.5 Å². The highest BCUT2D eigenvalue weighted by molar-refractivity contribution is 9.10. The van der Waals surface area contributed by atoms with Crippen LogP contribution in [0.1, 0.15) is 25.7 Å². The van der Waals surface area contributed by atoms with Crippen LogP contribution < -0.4 is 15.4 Å². The standard InChI is InChI=1S/C14H19BrN2O2/c1-19-11-5-6-12(15)13(9-11)17-14(18)7-4-10-3-2-8-16-10/h5-6,9-10,16H,2-4,7-8H2,1H3,(H,17,18). The van der Waals surface area contributed by atoms with Crippen molar-refractivity contribution in [3.05, 3.63) is 22.7 Å². The summed E-state index contributed by atoms with van der Waals surface area (Å²) in [6.07, 6.45) is 3.83. The Morgan fingerprint density at radius 3 is 3.11 bits per heavy atom. The second-order valence-electron chi connectivity index (χ2n) is 4.73. The van der Waals surface area contributed by atoms with Crippen LogP contribution >= 0.6 is 15.9 Å². The number of halogens is 1. The van der Waals surface area contributed by atoms with Crippen molar-refractivity contribution in [3.8, 4) is 5.75 Å². The normalized spacial score (nSPS) is 18.3. The molecule has 1 heterocycles.